The lowest BCUT2D eigenvalue weighted by molar-refractivity contribution is -0.133. The smallest absolute Gasteiger partial charge is 0.252 e. The number of nitrogens with zero attached hydrogens (tertiary/aromatic N) is 1. The minimum absolute atomic E-state index is 0.0934. The molecule has 25 heavy (non-hydrogen) atoms. The van der Waals surface area contributed by atoms with Crippen LogP contribution in [0.25, 0.3) is 0 Å². The molecule has 0 saturated carbocycles. The van der Waals surface area contributed by atoms with Crippen molar-refractivity contribution in [2.24, 2.45) is 0 Å². The summed E-state index contributed by atoms with van der Waals surface area (Å²) in [4.78, 5) is 27.4. The number of likely N-dealkylation sites (N-methyl/N-ethyl adjacent to an activating group) is 1. The molecule has 2 aromatic carbocycles. The van der Waals surface area contributed by atoms with E-state index in [2.05, 4.69) is 10.6 Å². The maximum atomic E-state index is 13.1. The molecule has 2 atom stereocenters. The fourth-order valence-electron chi connectivity index (χ4n) is 3.09. The minimum Gasteiger partial charge on any atom is -0.339 e. The van der Waals surface area contributed by atoms with Gasteiger partial charge in [-0.25, -0.2) is 0 Å². The first-order valence-electron chi connectivity index (χ1n) is 8.55. The number of carbonyl (C=O) groups excluding carboxylic acids is 2. The van der Waals surface area contributed by atoms with E-state index < -0.39 is 6.04 Å². The molecule has 0 radical (unpaired) electrons. The Labute approximate surface area is 148 Å². The molecule has 2 N–H and O–H groups in total. The van der Waals surface area contributed by atoms with E-state index in [1.807, 2.05) is 55.6 Å². The Kier molecular flexibility index (Phi) is 5.46. The third-order valence-corrected chi connectivity index (χ3v) is 4.62. The molecule has 0 aliphatic carbocycles. The molecule has 0 bridgehead atoms. The van der Waals surface area contributed by atoms with Crippen LogP contribution in [-0.2, 0) is 4.79 Å². The Balaban J connectivity index is 1.82. The molecule has 1 fully saturated rings. The molecule has 5 heteroatoms. The number of benzene rings is 2. The van der Waals surface area contributed by atoms with Crippen LogP contribution in [0.3, 0.4) is 0 Å². The van der Waals surface area contributed by atoms with E-state index in [0.29, 0.717) is 5.56 Å². The van der Waals surface area contributed by atoms with Gasteiger partial charge in [0.2, 0.25) is 5.91 Å². The van der Waals surface area contributed by atoms with Crippen molar-refractivity contribution in [2.45, 2.75) is 18.5 Å². The van der Waals surface area contributed by atoms with Crippen molar-refractivity contribution in [1.29, 1.82) is 0 Å². The average molecular weight is 337 g/mol. The maximum absolute atomic E-state index is 13.1. The quantitative estimate of drug-likeness (QED) is 0.877. The largest absolute Gasteiger partial charge is 0.339 e. The first kappa shape index (κ1) is 17.2. The highest BCUT2D eigenvalue weighted by Crippen LogP contribution is 2.19. The fraction of sp³-hybridized carbons (Fsp3) is 0.300. The van der Waals surface area contributed by atoms with E-state index in [9.17, 15) is 9.59 Å². The third kappa shape index (κ3) is 4.06. The maximum Gasteiger partial charge on any atom is 0.252 e. The Hall–Kier alpha value is -2.66. The summed E-state index contributed by atoms with van der Waals surface area (Å²) in [6, 6.07) is 17.8. The van der Waals surface area contributed by atoms with Gasteiger partial charge in [-0.05, 0) is 30.7 Å². The van der Waals surface area contributed by atoms with Crippen LogP contribution in [0.15, 0.2) is 60.7 Å². The monoisotopic (exact) mass is 337 g/mol. The van der Waals surface area contributed by atoms with Crippen molar-refractivity contribution in [1.82, 2.24) is 15.5 Å². The Morgan fingerprint density at radius 2 is 1.72 bits per heavy atom. The fourth-order valence-corrected chi connectivity index (χ4v) is 3.09. The summed E-state index contributed by atoms with van der Waals surface area (Å²) in [5, 5.41) is 6.18. The van der Waals surface area contributed by atoms with Crippen LogP contribution in [-0.4, -0.2) is 42.9 Å². The highest BCUT2D eigenvalue weighted by Gasteiger charge is 2.30. The molecule has 2 aromatic rings. The molecule has 2 unspecified atom stereocenters. The van der Waals surface area contributed by atoms with Crippen molar-refractivity contribution in [3.05, 3.63) is 71.8 Å². The molecule has 1 aliphatic heterocycles. The Morgan fingerprint density at radius 1 is 1.08 bits per heavy atom. The predicted molar refractivity (Wildman–Crippen MR) is 97.1 cm³/mol. The van der Waals surface area contributed by atoms with E-state index in [0.717, 1.165) is 25.1 Å². The van der Waals surface area contributed by atoms with Crippen LogP contribution >= 0.6 is 0 Å². The van der Waals surface area contributed by atoms with Gasteiger partial charge in [-0.15, -0.1) is 0 Å². The molecule has 2 amide bonds. The van der Waals surface area contributed by atoms with Crippen LogP contribution in [0, 0.1) is 0 Å². The second-order valence-corrected chi connectivity index (χ2v) is 6.28. The van der Waals surface area contributed by atoms with Crippen LogP contribution < -0.4 is 10.6 Å². The average Bonchev–Trinajstić information content (AvgIpc) is 3.21. The zero-order chi connectivity index (χ0) is 17.6. The lowest BCUT2D eigenvalue weighted by atomic mass is 10.0. The normalized spacial score (nSPS) is 17.7. The first-order valence-corrected chi connectivity index (χ1v) is 8.55. The van der Waals surface area contributed by atoms with Crippen LogP contribution in [0.5, 0.6) is 0 Å². The third-order valence-electron chi connectivity index (χ3n) is 4.62. The topological polar surface area (TPSA) is 61.4 Å². The number of carbonyl (C=O) groups is 2. The molecule has 1 aliphatic rings. The molecule has 0 aromatic heterocycles. The number of hydrogen-bond acceptors (Lipinski definition) is 3. The second-order valence-electron chi connectivity index (χ2n) is 6.28. The SMILES string of the molecule is CN(C(=O)C(NC(=O)c1ccccc1)c1ccccc1)C1CCNC1. The van der Waals surface area contributed by atoms with Crippen molar-refractivity contribution in [2.75, 3.05) is 20.1 Å². The van der Waals surface area contributed by atoms with Gasteiger partial charge in [-0.2, -0.15) is 0 Å². The molecular formula is C20H23N3O2. The van der Waals surface area contributed by atoms with Crippen LogP contribution in [0.4, 0.5) is 0 Å². The predicted octanol–water partition coefficient (Wildman–Crippen LogP) is 1.98. The molecule has 3 rings (SSSR count). The molecule has 1 saturated heterocycles. The number of hydrogen-bond donors (Lipinski definition) is 2. The number of rotatable bonds is 5. The first-order chi connectivity index (χ1) is 12.2. The van der Waals surface area contributed by atoms with E-state index in [1.165, 1.54) is 0 Å². The van der Waals surface area contributed by atoms with E-state index >= 15 is 0 Å². The highest BCUT2D eigenvalue weighted by atomic mass is 16.2. The summed E-state index contributed by atoms with van der Waals surface area (Å²) >= 11 is 0. The van der Waals surface area contributed by atoms with Gasteiger partial charge >= 0.3 is 0 Å². The molecule has 130 valence electrons. The van der Waals surface area contributed by atoms with Crippen molar-refractivity contribution >= 4 is 11.8 Å². The molecule has 5 nitrogen and oxygen atoms in total. The molecule has 0 spiro atoms. The lowest BCUT2D eigenvalue weighted by Crippen LogP contribution is -2.46. The van der Waals surface area contributed by atoms with Gasteiger partial charge in [0.1, 0.15) is 6.04 Å². The van der Waals surface area contributed by atoms with E-state index in [1.54, 1.807) is 17.0 Å². The summed E-state index contributed by atoms with van der Waals surface area (Å²) in [7, 11) is 1.81. The van der Waals surface area contributed by atoms with Gasteiger partial charge < -0.3 is 15.5 Å². The van der Waals surface area contributed by atoms with Gasteiger partial charge in [0.15, 0.2) is 0 Å². The molecular weight excluding hydrogens is 314 g/mol. The van der Waals surface area contributed by atoms with Gasteiger partial charge in [-0.1, -0.05) is 48.5 Å². The van der Waals surface area contributed by atoms with Crippen LogP contribution in [0.1, 0.15) is 28.4 Å². The van der Waals surface area contributed by atoms with Gasteiger partial charge in [-0.3, -0.25) is 9.59 Å². The van der Waals surface area contributed by atoms with Gasteiger partial charge in [0.05, 0.1) is 0 Å². The van der Waals surface area contributed by atoms with Gasteiger partial charge in [0.25, 0.3) is 5.91 Å². The summed E-state index contributed by atoms with van der Waals surface area (Å²) in [6.45, 7) is 1.70. The van der Waals surface area contributed by atoms with Crippen molar-refractivity contribution < 1.29 is 9.59 Å². The summed E-state index contributed by atoms with van der Waals surface area (Å²) in [5.74, 6) is -0.343. The Bertz CT molecular complexity index is 712. The lowest BCUT2D eigenvalue weighted by Gasteiger charge is -2.29. The number of nitrogens with one attached hydrogen (secondary N) is 2. The minimum atomic E-state index is -0.695. The summed E-state index contributed by atoms with van der Waals surface area (Å²) in [6.07, 6.45) is 0.927. The highest BCUT2D eigenvalue weighted by molar-refractivity contribution is 5.97. The zero-order valence-corrected chi connectivity index (χ0v) is 14.3. The zero-order valence-electron chi connectivity index (χ0n) is 14.3. The standard InChI is InChI=1S/C20H23N3O2/c1-23(17-12-13-21-14-17)20(25)18(15-8-4-2-5-9-15)22-19(24)16-10-6-3-7-11-16/h2-11,17-18,21H,12-14H2,1H3,(H,22,24). The van der Waals surface area contributed by atoms with E-state index in [-0.39, 0.29) is 17.9 Å². The van der Waals surface area contributed by atoms with Gasteiger partial charge in [0, 0.05) is 25.2 Å². The van der Waals surface area contributed by atoms with E-state index in [4.69, 9.17) is 0 Å². The summed E-state index contributed by atoms with van der Waals surface area (Å²) in [5.41, 5.74) is 1.33. The van der Waals surface area contributed by atoms with Crippen LogP contribution in [0.2, 0.25) is 0 Å². The van der Waals surface area contributed by atoms with Crippen molar-refractivity contribution in [3.63, 3.8) is 0 Å². The summed E-state index contributed by atoms with van der Waals surface area (Å²) < 4.78 is 0. The van der Waals surface area contributed by atoms with Crippen molar-refractivity contribution in [3.8, 4) is 0 Å². The molecule has 1 heterocycles. The Morgan fingerprint density at radius 3 is 2.32 bits per heavy atom. The second kappa shape index (κ2) is 7.94. The number of amides is 2.